The minimum Gasteiger partial charge on any atom is -0.298 e. The predicted octanol–water partition coefficient (Wildman–Crippen LogP) is 3.63. The number of anilines is 1. The second kappa shape index (κ2) is 8.75. The Labute approximate surface area is 152 Å². The van der Waals surface area contributed by atoms with Gasteiger partial charge >= 0.3 is 6.15 Å². The Balaban J connectivity index is 0.000000758. The number of pyridine rings is 1. The van der Waals surface area contributed by atoms with Crippen LogP contribution in [-0.4, -0.2) is 22.0 Å². The van der Waals surface area contributed by atoms with Gasteiger partial charge in [-0.15, -0.1) is 0 Å². The van der Waals surface area contributed by atoms with Gasteiger partial charge < -0.3 is 0 Å². The summed E-state index contributed by atoms with van der Waals surface area (Å²) in [4.78, 5) is 37.7. The van der Waals surface area contributed by atoms with E-state index in [2.05, 4.69) is 15.3 Å². The number of hydrogen-bond donors (Lipinski definition) is 1. The summed E-state index contributed by atoms with van der Waals surface area (Å²) in [7, 11) is 0. The molecule has 1 amide bonds. The lowest BCUT2D eigenvalue weighted by atomic mass is 10.1. The second-order valence-corrected chi connectivity index (χ2v) is 6.17. The Bertz CT molecular complexity index is 966. The topological polar surface area (TPSA) is 89.0 Å². The number of aryl methyl sites for hydroxylation is 2. The van der Waals surface area contributed by atoms with Gasteiger partial charge in [-0.05, 0) is 43.2 Å². The van der Waals surface area contributed by atoms with E-state index in [0.717, 1.165) is 21.7 Å². The standard InChI is InChI=1S/C17H14FN3OS.CO2/c1-10-9-19-7-6-14(10)16(22)21-17-20-11(2)15(23-17)12-4-3-5-13(18)8-12;2-1-3/h3-9H,1-2H3,(H,20,21,22);. The molecule has 3 rings (SSSR count). The van der Waals surface area contributed by atoms with E-state index in [-0.39, 0.29) is 17.9 Å². The maximum Gasteiger partial charge on any atom is 0.373 e. The van der Waals surface area contributed by atoms with Crippen molar-refractivity contribution in [3.63, 3.8) is 0 Å². The van der Waals surface area contributed by atoms with E-state index < -0.39 is 0 Å². The Morgan fingerprint density at radius 1 is 1.23 bits per heavy atom. The molecular weight excluding hydrogens is 357 g/mol. The molecule has 0 radical (unpaired) electrons. The third-order valence-corrected chi connectivity index (χ3v) is 4.49. The van der Waals surface area contributed by atoms with Crippen molar-refractivity contribution >= 4 is 28.5 Å². The number of carbonyl (C=O) groups is 1. The van der Waals surface area contributed by atoms with Crippen LogP contribution in [-0.2, 0) is 9.59 Å². The van der Waals surface area contributed by atoms with E-state index in [1.807, 2.05) is 19.9 Å². The van der Waals surface area contributed by atoms with Crippen LogP contribution in [0.1, 0.15) is 21.6 Å². The minimum absolute atomic E-state index is 0.232. The summed E-state index contributed by atoms with van der Waals surface area (Å²) in [6, 6.07) is 8.00. The quantitative estimate of drug-likeness (QED) is 0.759. The molecule has 8 heteroatoms. The van der Waals surface area contributed by atoms with Crippen LogP contribution in [0.3, 0.4) is 0 Å². The fourth-order valence-electron chi connectivity index (χ4n) is 2.24. The molecule has 0 saturated carbocycles. The van der Waals surface area contributed by atoms with E-state index in [4.69, 9.17) is 9.59 Å². The van der Waals surface area contributed by atoms with Gasteiger partial charge in [-0.2, -0.15) is 9.59 Å². The van der Waals surface area contributed by atoms with E-state index in [1.54, 1.807) is 24.5 Å². The first kappa shape index (κ1) is 19.1. The highest BCUT2D eigenvalue weighted by molar-refractivity contribution is 7.19. The van der Waals surface area contributed by atoms with Gasteiger partial charge in [0.25, 0.3) is 5.91 Å². The van der Waals surface area contributed by atoms with Gasteiger partial charge in [0.05, 0.1) is 10.6 Å². The van der Waals surface area contributed by atoms with E-state index >= 15 is 0 Å². The normalized spacial score (nSPS) is 9.65. The molecule has 0 aliphatic heterocycles. The molecule has 1 aromatic carbocycles. The fourth-order valence-corrected chi connectivity index (χ4v) is 3.20. The number of thiazole rings is 1. The Kier molecular flexibility index (Phi) is 6.43. The molecule has 26 heavy (non-hydrogen) atoms. The Morgan fingerprint density at radius 3 is 2.62 bits per heavy atom. The number of rotatable bonds is 3. The average molecular weight is 371 g/mol. The zero-order chi connectivity index (χ0) is 19.1. The summed E-state index contributed by atoms with van der Waals surface area (Å²) in [5.41, 5.74) is 2.85. The number of nitrogens with one attached hydrogen (secondary N) is 1. The SMILES string of the molecule is Cc1cnccc1C(=O)Nc1nc(C)c(-c2cccc(F)c2)s1.O=C=O. The first-order chi connectivity index (χ1) is 12.5. The van der Waals surface area contributed by atoms with E-state index in [0.29, 0.717) is 10.7 Å². The Hall–Kier alpha value is -3.22. The summed E-state index contributed by atoms with van der Waals surface area (Å²) in [5.74, 6) is -0.530. The highest BCUT2D eigenvalue weighted by atomic mass is 32.1. The van der Waals surface area contributed by atoms with Crippen molar-refractivity contribution in [2.24, 2.45) is 0 Å². The highest BCUT2D eigenvalue weighted by Gasteiger charge is 2.14. The van der Waals surface area contributed by atoms with Gasteiger partial charge in [0, 0.05) is 18.0 Å². The van der Waals surface area contributed by atoms with Crippen molar-refractivity contribution in [3.05, 3.63) is 65.4 Å². The molecule has 0 bridgehead atoms. The number of hydrogen-bond acceptors (Lipinski definition) is 6. The minimum atomic E-state index is -0.298. The first-order valence-corrected chi connectivity index (χ1v) is 8.22. The second-order valence-electron chi connectivity index (χ2n) is 5.17. The van der Waals surface area contributed by atoms with Crippen LogP contribution in [0.5, 0.6) is 0 Å². The summed E-state index contributed by atoms with van der Waals surface area (Å²) >= 11 is 1.32. The number of carbonyl (C=O) groups excluding carboxylic acids is 3. The highest BCUT2D eigenvalue weighted by Crippen LogP contribution is 2.33. The summed E-state index contributed by atoms with van der Waals surface area (Å²) < 4.78 is 13.4. The van der Waals surface area contributed by atoms with Crippen LogP contribution < -0.4 is 5.32 Å². The first-order valence-electron chi connectivity index (χ1n) is 7.41. The van der Waals surface area contributed by atoms with Gasteiger partial charge in [-0.25, -0.2) is 9.37 Å². The van der Waals surface area contributed by atoms with Crippen molar-refractivity contribution in [3.8, 4) is 10.4 Å². The van der Waals surface area contributed by atoms with Crippen LogP contribution in [0.15, 0.2) is 42.7 Å². The molecule has 3 aromatic rings. The van der Waals surface area contributed by atoms with Crippen LogP contribution >= 0.6 is 11.3 Å². The zero-order valence-corrected chi connectivity index (χ0v) is 14.8. The number of halogens is 1. The number of aromatic nitrogens is 2. The van der Waals surface area contributed by atoms with E-state index in [9.17, 15) is 9.18 Å². The van der Waals surface area contributed by atoms with Gasteiger partial charge in [0.2, 0.25) is 0 Å². The zero-order valence-electron chi connectivity index (χ0n) is 13.9. The number of benzene rings is 1. The monoisotopic (exact) mass is 371 g/mol. The molecule has 2 heterocycles. The molecule has 0 spiro atoms. The molecule has 0 unspecified atom stereocenters. The van der Waals surface area contributed by atoms with Crippen LogP contribution in [0.25, 0.3) is 10.4 Å². The summed E-state index contributed by atoms with van der Waals surface area (Å²) in [6.45, 7) is 3.66. The van der Waals surface area contributed by atoms with Crippen molar-refractivity contribution in [1.29, 1.82) is 0 Å². The van der Waals surface area contributed by atoms with Gasteiger partial charge in [-0.3, -0.25) is 15.1 Å². The van der Waals surface area contributed by atoms with Crippen molar-refractivity contribution in [2.75, 3.05) is 5.32 Å². The van der Waals surface area contributed by atoms with E-state index in [1.165, 1.54) is 23.5 Å². The predicted molar refractivity (Wildman–Crippen MR) is 94.2 cm³/mol. The molecule has 6 nitrogen and oxygen atoms in total. The van der Waals surface area contributed by atoms with Crippen LogP contribution in [0, 0.1) is 19.7 Å². The molecule has 1 N–H and O–H groups in total. The molecule has 0 atom stereocenters. The van der Waals surface area contributed by atoms with Gasteiger partial charge in [-0.1, -0.05) is 23.5 Å². The third kappa shape index (κ3) is 4.66. The maximum atomic E-state index is 13.4. The lowest BCUT2D eigenvalue weighted by Crippen LogP contribution is -2.13. The van der Waals surface area contributed by atoms with Gasteiger partial charge in [0.15, 0.2) is 5.13 Å². The third-order valence-electron chi connectivity index (χ3n) is 3.37. The maximum absolute atomic E-state index is 13.4. The van der Waals surface area contributed by atoms with Crippen LogP contribution in [0.2, 0.25) is 0 Å². The summed E-state index contributed by atoms with van der Waals surface area (Å²) in [5, 5.41) is 3.28. The van der Waals surface area contributed by atoms with Crippen molar-refractivity contribution in [1.82, 2.24) is 9.97 Å². The molecular formula is C18H14FN3O3S. The lowest BCUT2D eigenvalue weighted by Gasteiger charge is -2.03. The van der Waals surface area contributed by atoms with Crippen molar-refractivity contribution in [2.45, 2.75) is 13.8 Å². The van der Waals surface area contributed by atoms with Crippen LogP contribution in [0.4, 0.5) is 9.52 Å². The molecule has 0 aliphatic carbocycles. The summed E-state index contributed by atoms with van der Waals surface area (Å²) in [6.07, 6.45) is 3.47. The smallest absolute Gasteiger partial charge is 0.298 e. The molecule has 0 aliphatic rings. The lowest BCUT2D eigenvalue weighted by molar-refractivity contribution is -0.191. The van der Waals surface area contributed by atoms with Gasteiger partial charge in [0.1, 0.15) is 5.82 Å². The molecule has 0 saturated heterocycles. The molecule has 132 valence electrons. The molecule has 2 aromatic heterocycles. The Morgan fingerprint density at radius 2 is 1.96 bits per heavy atom. The average Bonchev–Trinajstić information content (AvgIpc) is 2.96. The number of nitrogens with zero attached hydrogens (tertiary/aromatic N) is 2. The fraction of sp³-hybridized carbons (Fsp3) is 0.111. The van der Waals surface area contributed by atoms with Crippen molar-refractivity contribution < 1.29 is 18.8 Å². The largest absolute Gasteiger partial charge is 0.373 e. The molecule has 0 fully saturated rings. The number of amides is 1.